The molecule has 1 aromatic heterocycles. The number of benzene rings is 1. The molecule has 1 N–H and O–H groups in total. The molecule has 0 saturated carbocycles. The van der Waals surface area contributed by atoms with E-state index >= 15 is 0 Å². The van der Waals surface area contributed by atoms with Crippen molar-refractivity contribution in [3.8, 4) is 23.6 Å². The average molecular weight is 391 g/mol. The van der Waals surface area contributed by atoms with Crippen molar-refractivity contribution < 1.29 is 28.3 Å². The number of rotatable bonds is 6. The molecule has 2 heterocycles. The van der Waals surface area contributed by atoms with Gasteiger partial charge in [-0.15, -0.1) is 0 Å². The normalized spacial score (nSPS) is 12.5. The second-order valence-corrected chi connectivity index (χ2v) is 6.19. The molecule has 0 bridgehead atoms. The van der Waals surface area contributed by atoms with E-state index in [1.807, 2.05) is 6.07 Å². The number of halogens is 2. The topological polar surface area (TPSA) is 102 Å². The zero-order valence-electron chi connectivity index (χ0n) is 14.2. The largest absolute Gasteiger partial charge is 0.494 e. The Bertz CT molecular complexity index is 950. The van der Waals surface area contributed by atoms with E-state index in [9.17, 15) is 19.5 Å². The Morgan fingerprint density at radius 3 is 2.96 bits per heavy atom. The Morgan fingerprint density at radius 1 is 1.48 bits per heavy atom. The van der Waals surface area contributed by atoms with Crippen molar-refractivity contribution in [2.45, 2.75) is 20.0 Å². The maximum absolute atomic E-state index is 14.2. The minimum Gasteiger partial charge on any atom is -0.476 e. The molecule has 3 rings (SSSR count). The number of fused-ring (bicyclic) bond motifs is 1. The van der Waals surface area contributed by atoms with Gasteiger partial charge in [-0.2, -0.15) is 10.2 Å². The van der Waals surface area contributed by atoms with Crippen LogP contribution in [0.1, 0.15) is 24.5 Å². The van der Waals surface area contributed by atoms with E-state index in [1.54, 1.807) is 0 Å². The fourth-order valence-corrected chi connectivity index (χ4v) is 2.66. The van der Waals surface area contributed by atoms with Gasteiger partial charge in [-0.25, -0.2) is 4.39 Å². The number of nitrogens with zero attached hydrogens (tertiary/aromatic N) is 2. The maximum Gasteiger partial charge on any atom is 0.494 e. The van der Waals surface area contributed by atoms with Crippen LogP contribution in [0.15, 0.2) is 18.2 Å². The van der Waals surface area contributed by atoms with Crippen LogP contribution in [-0.2, 0) is 16.1 Å². The van der Waals surface area contributed by atoms with Crippen LogP contribution in [0.5, 0.6) is 17.5 Å². The third-order valence-corrected chi connectivity index (χ3v) is 4.04. The molecule has 0 aliphatic carbocycles. The molecule has 1 aromatic carbocycles. The van der Waals surface area contributed by atoms with Crippen molar-refractivity contribution in [3.63, 3.8) is 0 Å². The third kappa shape index (κ3) is 4.19. The van der Waals surface area contributed by atoms with Gasteiger partial charge in [-0.3, -0.25) is 4.79 Å². The summed E-state index contributed by atoms with van der Waals surface area (Å²) in [4.78, 5) is 15.1. The second kappa shape index (κ2) is 7.92. The smallest absolute Gasteiger partial charge is 0.476 e. The van der Waals surface area contributed by atoms with Gasteiger partial charge in [0.2, 0.25) is 11.8 Å². The average Bonchev–Trinajstić information content (AvgIpc) is 2.98. The molecule has 0 amide bonds. The first-order valence-corrected chi connectivity index (χ1v) is 8.29. The lowest BCUT2D eigenvalue weighted by atomic mass is 9.79. The first-order chi connectivity index (χ1) is 12.9. The Hall–Kier alpha value is -2.67. The highest BCUT2D eigenvalue weighted by Gasteiger charge is 2.31. The lowest BCUT2D eigenvalue weighted by Crippen LogP contribution is -2.31. The molecule has 0 saturated heterocycles. The van der Waals surface area contributed by atoms with E-state index < -0.39 is 12.9 Å². The number of hydrogen-bond donors (Lipinski definition) is 1. The van der Waals surface area contributed by atoms with Gasteiger partial charge in [-0.1, -0.05) is 11.6 Å². The lowest BCUT2D eigenvalue weighted by molar-refractivity contribution is -0.117. The van der Waals surface area contributed by atoms with E-state index in [4.69, 9.17) is 25.7 Å². The van der Waals surface area contributed by atoms with Crippen molar-refractivity contribution in [2.75, 3.05) is 6.61 Å². The highest BCUT2D eigenvalue weighted by molar-refractivity contribution is 6.61. The lowest BCUT2D eigenvalue weighted by Gasteiger charge is -2.12. The van der Waals surface area contributed by atoms with Crippen LogP contribution in [0.2, 0.25) is 5.02 Å². The van der Waals surface area contributed by atoms with E-state index in [2.05, 4.69) is 4.98 Å². The summed E-state index contributed by atoms with van der Waals surface area (Å²) in [5.41, 5.74) is 0.585. The third-order valence-electron chi connectivity index (χ3n) is 3.77. The van der Waals surface area contributed by atoms with Gasteiger partial charge >= 0.3 is 7.12 Å². The standard InChI is InChI=1S/C17H13BClFN2O5/c1-9(23)2-3-25-16-10(7-21)5-13(19)17(22-16)27-12-4-11-8-26-18(24)15(11)14(20)6-12/h4-6,24H,2-3,8H2,1H3. The van der Waals surface area contributed by atoms with Gasteiger partial charge in [-0.05, 0) is 24.6 Å². The maximum atomic E-state index is 14.2. The highest BCUT2D eigenvalue weighted by Crippen LogP contribution is 2.33. The number of carbonyl (C=O) groups excluding carboxylic acids is 1. The van der Waals surface area contributed by atoms with Gasteiger partial charge in [0, 0.05) is 17.9 Å². The molecule has 0 radical (unpaired) electrons. The molecule has 0 atom stereocenters. The fraction of sp³-hybridized carbons (Fsp3) is 0.235. The van der Waals surface area contributed by atoms with Crippen molar-refractivity contribution in [1.29, 1.82) is 5.26 Å². The van der Waals surface area contributed by atoms with Crippen LogP contribution in [0, 0.1) is 17.1 Å². The summed E-state index contributed by atoms with van der Waals surface area (Å²) >= 11 is 6.09. The second-order valence-electron chi connectivity index (χ2n) is 5.78. The molecule has 0 fully saturated rings. The van der Waals surface area contributed by atoms with Crippen molar-refractivity contribution in [2.24, 2.45) is 0 Å². The van der Waals surface area contributed by atoms with Gasteiger partial charge in [0.05, 0.1) is 13.2 Å². The van der Waals surface area contributed by atoms with E-state index in [0.717, 1.165) is 6.07 Å². The molecule has 2 aromatic rings. The molecular formula is C17H13BClFN2O5. The number of aromatic nitrogens is 1. The summed E-state index contributed by atoms with van der Waals surface area (Å²) in [5.74, 6) is -0.796. The van der Waals surface area contributed by atoms with Crippen molar-refractivity contribution in [3.05, 3.63) is 40.2 Å². The van der Waals surface area contributed by atoms with E-state index in [1.165, 1.54) is 19.1 Å². The quantitative estimate of drug-likeness (QED) is 0.754. The Kier molecular flexibility index (Phi) is 5.61. The van der Waals surface area contributed by atoms with Gasteiger partial charge in [0.15, 0.2) is 0 Å². The first kappa shape index (κ1) is 19.1. The molecule has 0 spiro atoms. The van der Waals surface area contributed by atoms with Crippen LogP contribution in [-0.4, -0.2) is 29.5 Å². The molecular weight excluding hydrogens is 377 g/mol. The molecule has 1 aliphatic rings. The number of Topliss-reactive ketones (excluding diaryl/α,β-unsaturated/α-hetero) is 1. The van der Waals surface area contributed by atoms with Crippen molar-refractivity contribution in [1.82, 2.24) is 4.98 Å². The van der Waals surface area contributed by atoms with Crippen LogP contribution >= 0.6 is 11.6 Å². The molecule has 1 aliphatic heterocycles. The minimum absolute atomic E-state index is 0.0302. The first-order valence-electron chi connectivity index (χ1n) is 7.91. The van der Waals surface area contributed by atoms with E-state index in [0.29, 0.717) is 5.56 Å². The molecule has 7 nitrogen and oxygen atoms in total. The number of ketones is 1. The van der Waals surface area contributed by atoms with Crippen molar-refractivity contribution >= 4 is 30.0 Å². The zero-order valence-corrected chi connectivity index (χ0v) is 14.9. The number of ether oxygens (including phenoxy) is 2. The summed E-state index contributed by atoms with van der Waals surface area (Å²) in [6, 6.07) is 5.78. The minimum atomic E-state index is -1.31. The number of carbonyl (C=O) groups is 1. The summed E-state index contributed by atoms with van der Waals surface area (Å²) in [7, 11) is -1.31. The van der Waals surface area contributed by atoms with Crippen LogP contribution in [0.4, 0.5) is 4.39 Å². The van der Waals surface area contributed by atoms with Crippen LogP contribution < -0.4 is 14.9 Å². The molecule has 0 unspecified atom stereocenters. The van der Waals surface area contributed by atoms with Gasteiger partial charge in [0.25, 0.3) is 0 Å². The number of hydrogen-bond acceptors (Lipinski definition) is 7. The Morgan fingerprint density at radius 2 is 2.26 bits per heavy atom. The predicted octanol–water partition coefficient (Wildman–Crippen LogP) is 2.11. The Balaban J connectivity index is 1.88. The summed E-state index contributed by atoms with van der Waals surface area (Å²) < 4.78 is 30.1. The SMILES string of the molecule is CC(=O)CCOc1nc(Oc2cc(F)c3c(c2)COB3O)c(Cl)cc1C#N. The number of nitriles is 1. The molecule has 27 heavy (non-hydrogen) atoms. The van der Waals surface area contributed by atoms with Crippen LogP contribution in [0.25, 0.3) is 0 Å². The Labute approximate surface area is 159 Å². The summed E-state index contributed by atoms with van der Waals surface area (Å²) in [6.45, 7) is 1.50. The highest BCUT2D eigenvalue weighted by atomic mass is 35.5. The fourth-order valence-electron chi connectivity index (χ4n) is 2.47. The zero-order chi connectivity index (χ0) is 19.6. The summed E-state index contributed by atoms with van der Waals surface area (Å²) in [5, 5.41) is 18.8. The number of pyridine rings is 1. The molecule has 10 heteroatoms. The van der Waals surface area contributed by atoms with Gasteiger partial charge < -0.3 is 19.2 Å². The van der Waals surface area contributed by atoms with Crippen LogP contribution in [0.3, 0.4) is 0 Å². The monoisotopic (exact) mass is 390 g/mol. The molecule has 138 valence electrons. The van der Waals surface area contributed by atoms with Gasteiger partial charge in [0.1, 0.15) is 34.0 Å². The van der Waals surface area contributed by atoms with E-state index in [-0.39, 0.29) is 59.0 Å². The predicted molar refractivity (Wildman–Crippen MR) is 93.6 cm³/mol. The summed E-state index contributed by atoms with van der Waals surface area (Å²) in [6.07, 6.45) is 0.156.